The average molecular weight is 536 g/mol. The summed E-state index contributed by atoms with van der Waals surface area (Å²) in [5, 5.41) is 6.27. The molecular formula is C29H31F2N5OS. The number of nitrogens with one attached hydrogen (secondary N) is 3. The third-order valence-corrected chi connectivity index (χ3v) is 7.27. The molecule has 1 unspecified atom stereocenters. The number of fused-ring (bicyclic) bond motifs is 1. The van der Waals surface area contributed by atoms with Gasteiger partial charge in [-0.05, 0) is 61.3 Å². The van der Waals surface area contributed by atoms with Crippen molar-refractivity contribution in [3.8, 4) is 11.8 Å². The van der Waals surface area contributed by atoms with Crippen LogP contribution in [0.25, 0.3) is 5.57 Å². The van der Waals surface area contributed by atoms with Gasteiger partial charge >= 0.3 is 0 Å². The van der Waals surface area contributed by atoms with Gasteiger partial charge in [0.2, 0.25) is 5.78 Å². The van der Waals surface area contributed by atoms with Gasteiger partial charge in [0.25, 0.3) is 0 Å². The molecule has 0 radical (unpaired) electrons. The van der Waals surface area contributed by atoms with Crippen LogP contribution in [0.4, 0.5) is 14.5 Å². The van der Waals surface area contributed by atoms with Crippen molar-refractivity contribution in [3.63, 3.8) is 0 Å². The zero-order valence-electron chi connectivity index (χ0n) is 21.7. The van der Waals surface area contributed by atoms with E-state index in [9.17, 15) is 9.18 Å². The Morgan fingerprint density at radius 2 is 1.92 bits per heavy atom. The number of Topliss-reactive ketones (excluding diaryl/α,β-unsaturated/α-hetero) is 1. The molecule has 0 saturated carbocycles. The first-order valence-electron chi connectivity index (χ1n) is 12.7. The van der Waals surface area contributed by atoms with E-state index in [0.29, 0.717) is 17.8 Å². The Balaban J connectivity index is 1.53. The lowest BCUT2D eigenvalue weighted by molar-refractivity contribution is 0.102. The Kier molecular flexibility index (Phi) is 9.21. The van der Waals surface area contributed by atoms with Gasteiger partial charge in [-0.2, -0.15) is 0 Å². The van der Waals surface area contributed by atoms with Crippen LogP contribution in [0.3, 0.4) is 0 Å². The minimum absolute atomic E-state index is 0.0824. The van der Waals surface area contributed by atoms with Gasteiger partial charge in [0.15, 0.2) is 5.82 Å². The van der Waals surface area contributed by atoms with Gasteiger partial charge in [-0.1, -0.05) is 38.6 Å². The Labute approximate surface area is 226 Å². The van der Waals surface area contributed by atoms with Crippen LogP contribution in [0, 0.1) is 23.5 Å². The van der Waals surface area contributed by atoms with E-state index in [4.69, 9.17) is 0 Å². The number of rotatable bonds is 10. The molecule has 2 aliphatic rings. The summed E-state index contributed by atoms with van der Waals surface area (Å²) in [6.07, 6.45) is 7.40. The van der Waals surface area contributed by atoms with Crippen molar-refractivity contribution in [2.24, 2.45) is 0 Å². The average Bonchev–Trinajstić information content (AvgIpc) is 3.36. The first-order chi connectivity index (χ1) is 18.5. The highest BCUT2D eigenvalue weighted by molar-refractivity contribution is 8.00. The molecule has 1 aromatic carbocycles. The van der Waals surface area contributed by atoms with Crippen molar-refractivity contribution in [2.75, 3.05) is 30.1 Å². The first kappa shape index (κ1) is 27.4. The molecule has 0 saturated heterocycles. The van der Waals surface area contributed by atoms with Crippen LogP contribution in [-0.2, 0) is 0 Å². The van der Waals surface area contributed by atoms with Crippen LogP contribution in [-0.4, -0.2) is 47.2 Å². The summed E-state index contributed by atoms with van der Waals surface area (Å²) in [7, 11) is 0. The lowest BCUT2D eigenvalue weighted by Gasteiger charge is -2.21. The SMILES string of the molecule is CCCSNc1ccc(F)c(C(=O)C2=CNC3NC=C(c4ccc(C#CCN(CC)CC)nc4)C=C23)c1F. The van der Waals surface area contributed by atoms with Crippen LogP contribution in [0.1, 0.15) is 48.8 Å². The Bertz CT molecular complexity index is 1340. The highest BCUT2D eigenvalue weighted by Crippen LogP contribution is 2.33. The van der Waals surface area contributed by atoms with Crippen molar-refractivity contribution in [2.45, 2.75) is 33.4 Å². The lowest BCUT2D eigenvalue weighted by Crippen LogP contribution is -2.36. The quantitative estimate of drug-likeness (QED) is 0.169. The maximum Gasteiger partial charge on any atom is 0.200 e. The molecule has 9 heteroatoms. The van der Waals surface area contributed by atoms with Crippen molar-refractivity contribution in [1.82, 2.24) is 20.5 Å². The maximum atomic E-state index is 15.2. The van der Waals surface area contributed by atoms with E-state index < -0.39 is 23.0 Å². The molecular weight excluding hydrogens is 504 g/mol. The molecule has 1 atom stereocenters. The Morgan fingerprint density at radius 3 is 2.63 bits per heavy atom. The van der Waals surface area contributed by atoms with Gasteiger partial charge in [-0.15, -0.1) is 0 Å². The van der Waals surface area contributed by atoms with E-state index >= 15 is 4.39 Å². The number of benzene rings is 1. The summed E-state index contributed by atoms with van der Waals surface area (Å²) in [5.74, 6) is 4.48. The zero-order valence-corrected chi connectivity index (χ0v) is 22.5. The predicted octanol–water partition coefficient (Wildman–Crippen LogP) is 5.09. The summed E-state index contributed by atoms with van der Waals surface area (Å²) in [6.45, 7) is 8.79. The zero-order chi connectivity index (χ0) is 27.1. The topological polar surface area (TPSA) is 69.3 Å². The van der Waals surface area contributed by atoms with Crippen LogP contribution in [0.5, 0.6) is 0 Å². The fourth-order valence-electron chi connectivity index (χ4n) is 4.07. The van der Waals surface area contributed by atoms with E-state index in [-0.39, 0.29) is 17.4 Å². The van der Waals surface area contributed by atoms with Crippen molar-refractivity contribution in [1.29, 1.82) is 0 Å². The van der Waals surface area contributed by atoms with Gasteiger partial charge in [-0.25, -0.2) is 13.8 Å². The van der Waals surface area contributed by atoms with E-state index in [0.717, 1.165) is 42.5 Å². The molecule has 4 rings (SSSR count). The monoisotopic (exact) mass is 535 g/mol. The highest BCUT2D eigenvalue weighted by atomic mass is 32.2. The maximum absolute atomic E-state index is 15.2. The smallest absolute Gasteiger partial charge is 0.200 e. The normalized spacial score (nSPS) is 15.8. The number of anilines is 1. The van der Waals surface area contributed by atoms with Gasteiger partial charge < -0.3 is 15.4 Å². The third-order valence-electron chi connectivity index (χ3n) is 6.29. The summed E-state index contributed by atoms with van der Waals surface area (Å²) in [6, 6.07) is 6.18. The van der Waals surface area contributed by atoms with E-state index in [2.05, 4.69) is 50.9 Å². The second kappa shape index (κ2) is 12.8. The summed E-state index contributed by atoms with van der Waals surface area (Å²) < 4.78 is 32.7. The highest BCUT2D eigenvalue weighted by Gasteiger charge is 2.33. The lowest BCUT2D eigenvalue weighted by atomic mass is 9.92. The molecule has 38 heavy (non-hydrogen) atoms. The van der Waals surface area contributed by atoms with Crippen molar-refractivity contribution >= 4 is 29.0 Å². The van der Waals surface area contributed by atoms with Crippen LogP contribution >= 0.6 is 11.9 Å². The van der Waals surface area contributed by atoms with Gasteiger partial charge in [-0.3, -0.25) is 9.69 Å². The number of pyridine rings is 1. The number of nitrogens with zero attached hydrogens (tertiary/aromatic N) is 2. The molecule has 2 aromatic rings. The Hall–Kier alpha value is -3.61. The van der Waals surface area contributed by atoms with Gasteiger partial charge in [0.1, 0.15) is 17.7 Å². The first-order valence-corrected chi connectivity index (χ1v) is 13.7. The molecule has 3 N–H and O–H groups in total. The van der Waals surface area contributed by atoms with E-state index in [1.165, 1.54) is 24.2 Å². The van der Waals surface area contributed by atoms with E-state index in [1.54, 1.807) is 6.20 Å². The molecule has 3 heterocycles. The van der Waals surface area contributed by atoms with Gasteiger partial charge in [0, 0.05) is 41.1 Å². The number of halogens is 2. The Morgan fingerprint density at radius 1 is 1.13 bits per heavy atom. The van der Waals surface area contributed by atoms with E-state index in [1.807, 2.05) is 31.3 Å². The number of ketones is 1. The largest absolute Gasteiger partial charge is 0.367 e. The van der Waals surface area contributed by atoms with Crippen LogP contribution in [0.2, 0.25) is 0 Å². The molecule has 0 bridgehead atoms. The molecule has 0 amide bonds. The molecule has 2 aliphatic heterocycles. The fourth-order valence-corrected chi connectivity index (χ4v) is 4.69. The third kappa shape index (κ3) is 6.09. The van der Waals surface area contributed by atoms with Crippen molar-refractivity contribution in [3.05, 3.63) is 88.5 Å². The molecule has 0 aliphatic carbocycles. The summed E-state index contributed by atoms with van der Waals surface area (Å²) in [4.78, 5) is 20.0. The fraction of sp³-hybridized carbons (Fsp3) is 0.310. The van der Waals surface area contributed by atoms with Crippen molar-refractivity contribution < 1.29 is 13.6 Å². The molecule has 1 aromatic heterocycles. The number of carbonyl (C=O) groups is 1. The second-order valence-electron chi connectivity index (χ2n) is 8.78. The molecule has 6 nitrogen and oxygen atoms in total. The minimum Gasteiger partial charge on any atom is -0.367 e. The number of hydrogen-bond acceptors (Lipinski definition) is 7. The molecule has 0 spiro atoms. The number of dihydropyridines is 1. The number of carbonyl (C=O) groups excluding carboxylic acids is 1. The number of aromatic nitrogens is 1. The van der Waals surface area contributed by atoms with Crippen LogP contribution in [0.15, 0.2) is 60.1 Å². The van der Waals surface area contributed by atoms with Gasteiger partial charge in [0.05, 0.1) is 17.8 Å². The second-order valence-corrected chi connectivity index (χ2v) is 9.68. The summed E-state index contributed by atoms with van der Waals surface area (Å²) in [5.41, 5.74) is 2.61. The van der Waals surface area contributed by atoms with Crippen LogP contribution < -0.4 is 15.4 Å². The standard InChI is InChI=1S/C29H31F2N5OS/c1-4-14-38-35-25-12-11-24(30)26(27(25)31)28(37)23-18-34-29-22(23)15-20(17-33-29)19-9-10-21(32-16-19)8-7-13-36(5-2)6-3/h9-12,15-18,29,33-35H,4-6,13-14H2,1-3H3. The predicted molar refractivity (Wildman–Crippen MR) is 150 cm³/mol. The molecule has 198 valence electrons. The molecule has 0 fully saturated rings. The minimum atomic E-state index is -0.898. The number of hydrogen-bond donors (Lipinski definition) is 3. The number of allylic oxidation sites excluding steroid dienone is 2. The summed E-state index contributed by atoms with van der Waals surface area (Å²) >= 11 is 1.31.